The van der Waals surface area contributed by atoms with Gasteiger partial charge in [-0.1, -0.05) is 6.07 Å². The molecule has 0 aliphatic heterocycles. The molecule has 0 bridgehead atoms. The molecule has 4 nitrogen and oxygen atoms in total. The summed E-state index contributed by atoms with van der Waals surface area (Å²) in [7, 11) is 3.31. The molecule has 0 amide bonds. The van der Waals surface area contributed by atoms with E-state index < -0.39 is 0 Å². The molecule has 1 aromatic carbocycles. The van der Waals surface area contributed by atoms with Crippen LogP contribution in [0.2, 0.25) is 0 Å². The summed E-state index contributed by atoms with van der Waals surface area (Å²) in [6, 6.07) is 5.78. The lowest BCUT2D eigenvalue weighted by molar-refractivity contribution is 0.369. The summed E-state index contributed by atoms with van der Waals surface area (Å²) in [6.07, 6.45) is 3.00. The molecule has 3 N–H and O–H groups in total. The van der Waals surface area contributed by atoms with Crippen LogP contribution in [-0.4, -0.2) is 26.2 Å². The van der Waals surface area contributed by atoms with Gasteiger partial charge in [-0.25, -0.2) is 0 Å². The van der Waals surface area contributed by atoms with Gasteiger partial charge in [-0.2, -0.15) is 11.8 Å². The van der Waals surface area contributed by atoms with Crippen LogP contribution < -0.4 is 20.7 Å². The zero-order valence-electron chi connectivity index (χ0n) is 10.5. The van der Waals surface area contributed by atoms with Gasteiger partial charge in [0.1, 0.15) is 11.5 Å². The van der Waals surface area contributed by atoms with E-state index in [1.807, 2.05) is 18.2 Å². The Hall–Kier alpha value is -0.910. The second kappa shape index (κ2) is 7.42. The molecule has 0 fully saturated rings. The van der Waals surface area contributed by atoms with Gasteiger partial charge in [0.05, 0.1) is 25.8 Å². The van der Waals surface area contributed by atoms with Gasteiger partial charge in [0, 0.05) is 0 Å². The van der Waals surface area contributed by atoms with Gasteiger partial charge in [-0.05, 0) is 30.6 Å². The fourth-order valence-corrected chi connectivity index (χ4v) is 2.24. The number of ether oxygens (including phenoxy) is 2. The first-order valence-electron chi connectivity index (χ1n) is 5.44. The Morgan fingerprint density at radius 1 is 1.29 bits per heavy atom. The first kappa shape index (κ1) is 14.2. The van der Waals surface area contributed by atoms with Crippen LogP contribution in [0.3, 0.4) is 0 Å². The number of rotatable bonds is 7. The number of benzene rings is 1. The van der Waals surface area contributed by atoms with E-state index in [1.54, 1.807) is 26.0 Å². The molecule has 0 radical (unpaired) electrons. The molecule has 1 unspecified atom stereocenters. The van der Waals surface area contributed by atoms with E-state index >= 15 is 0 Å². The topological polar surface area (TPSA) is 56.5 Å². The summed E-state index contributed by atoms with van der Waals surface area (Å²) in [5, 5.41) is 0. The minimum atomic E-state index is 0.0357. The monoisotopic (exact) mass is 256 g/mol. The molecule has 0 heterocycles. The molecule has 0 spiro atoms. The Bertz CT molecular complexity index is 325. The smallest absolute Gasteiger partial charge is 0.127 e. The van der Waals surface area contributed by atoms with Crippen LogP contribution in [-0.2, 0) is 0 Å². The fraction of sp³-hybridized carbons (Fsp3) is 0.500. The number of hydrogen-bond donors (Lipinski definition) is 2. The lowest BCUT2D eigenvalue weighted by atomic mass is 10.0. The van der Waals surface area contributed by atoms with E-state index in [2.05, 4.69) is 11.7 Å². The van der Waals surface area contributed by atoms with E-state index in [0.717, 1.165) is 29.2 Å². The van der Waals surface area contributed by atoms with Crippen molar-refractivity contribution < 1.29 is 9.47 Å². The van der Waals surface area contributed by atoms with Crippen LogP contribution >= 0.6 is 11.8 Å². The Labute approximate surface area is 107 Å². The highest BCUT2D eigenvalue weighted by atomic mass is 32.2. The lowest BCUT2D eigenvalue weighted by Gasteiger charge is -2.21. The predicted octanol–water partition coefficient (Wildman–Crippen LogP) is 1.96. The summed E-state index contributed by atoms with van der Waals surface area (Å²) in [5.41, 5.74) is 3.81. The van der Waals surface area contributed by atoms with Crippen LogP contribution in [0.4, 0.5) is 0 Å². The van der Waals surface area contributed by atoms with Crippen LogP contribution in [0.1, 0.15) is 18.0 Å². The zero-order valence-corrected chi connectivity index (χ0v) is 11.3. The summed E-state index contributed by atoms with van der Waals surface area (Å²) in [4.78, 5) is 0. The minimum Gasteiger partial charge on any atom is -0.496 e. The Kier molecular flexibility index (Phi) is 6.18. The van der Waals surface area contributed by atoms with Gasteiger partial charge in [0.2, 0.25) is 0 Å². The second-order valence-electron chi connectivity index (χ2n) is 3.58. The number of nitrogens with two attached hydrogens (primary N) is 1. The summed E-state index contributed by atoms with van der Waals surface area (Å²) < 4.78 is 10.7. The molecule has 5 heteroatoms. The predicted molar refractivity (Wildman–Crippen MR) is 72.6 cm³/mol. The van der Waals surface area contributed by atoms with Crippen LogP contribution in [0.5, 0.6) is 11.5 Å². The zero-order chi connectivity index (χ0) is 12.7. The van der Waals surface area contributed by atoms with Gasteiger partial charge in [0.15, 0.2) is 0 Å². The van der Waals surface area contributed by atoms with Crippen LogP contribution in [0, 0.1) is 0 Å². The van der Waals surface area contributed by atoms with Crippen LogP contribution in [0.25, 0.3) is 0 Å². The van der Waals surface area contributed by atoms with Gasteiger partial charge in [-0.15, -0.1) is 0 Å². The maximum atomic E-state index is 5.62. The van der Waals surface area contributed by atoms with Crippen molar-refractivity contribution in [1.82, 2.24) is 5.43 Å². The highest BCUT2D eigenvalue weighted by molar-refractivity contribution is 7.98. The molecular formula is C12H20N2O2S. The SMILES string of the molecule is COc1cccc(OC)c1C(CCSC)NN. The molecule has 1 aromatic rings. The number of thioether (sulfide) groups is 1. The fourth-order valence-electron chi connectivity index (χ4n) is 1.77. The van der Waals surface area contributed by atoms with Crippen molar-refractivity contribution in [1.29, 1.82) is 0 Å². The highest BCUT2D eigenvalue weighted by Crippen LogP contribution is 2.35. The number of hydrazine groups is 1. The first-order valence-corrected chi connectivity index (χ1v) is 6.83. The number of methoxy groups -OCH3 is 2. The molecule has 0 aliphatic rings. The summed E-state index contributed by atoms with van der Waals surface area (Å²) in [5.74, 6) is 8.25. The van der Waals surface area contributed by atoms with Crippen molar-refractivity contribution in [3.63, 3.8) is 0 Å². The maximum absolute atomic E-state index is 5.62. The van der Waals surface area contributed by atoms with Crippen LogP contribution in [0.15, 0.2) is 18.2 Å². The van der Waals surface area contributed by atoms with Gasteiger partial charge < -0.3 is 9.47 Å². The number of nitrogens with one attached hydrogen (secondary N) is 1. The molecule has 0 saturated heterocycles. The van der Waals surface area contributed by atoms with Crippen molar-refractivity contribution in [3.05, 3.63) is 23.8 Å². The van der Waals surface area contributed by atoms with Gasteiger partial charge in [-0.3, -0.25) is 11.3 Å². The molecule has 0 aromatic heterocycles. The lowest BCUT2D eigenvalue weighted by Crippen LogP contribution is -2.29. The van der Waals surface area contributed by atoms with Crippen molar-refractivity contribution in [2.45, 2.75) is 12.5 Å². The minimum absolute atomic E-state index is 0.0357. The summed E-state index contributed by atoms with van der Waals surface area (Å²) in [6.45, 7) is 0. The molecule has 1 atom stereocenters. The highest BCUT2D eigenvalue weighted by Gasteiger charge is 2.19. The third-order valence-corrected chi connectivity index (χ3v) is 3.27. The third-order valence-electron chi connectivity index (χ3n) is 2.63. The number of hydrogen-bond acceptors (Lipinski definition) is 5. The maximum Gasteiger partial charge on any atom is 0.127 e. The largest absolute Gasteiger partial charge is 0.496 e. The summed E-state index contributed by atoms with van der Waals surface area (Å²) >= 11 is 1.79. The van der Waals surface area contributed by atoms with E-state index in [9.17, 15) is 0 Å². The standard InChI is InChI=1S/C12H20N2O2S/c1-15-10-5-4-6-11(16-2)12(10)9(14-13)7-8-17-3/h4-6,9,14H,7-8,13H2,1-3H3. The van der Waals surface area contributed by atoms with Crippen molar-refractivity contribution in [3.8, 4) is 11.5 Å². The second-order valence-corrected chi connectivity index (χ2v) is 4.56. The van der Waals surface area contributed by atoms with Crippen molar-refractivity contribution in [2.24, 2.45) is 5.84 Å². The molecule has 17 heavy (non-hydrogen) atoms. The third kappa shape index (κ3) is 3.52. The Balaban J connectivity index is 3.05. The molecular weight excluding hydrogens is 236 g/mol. The van der Waals surface area contributed by atoms with Gasteiger partial charge in [0.25, 0.3) is 0 Å². The van der Waals surface area contributed by atoms with E-state index in [4.69, 9.17) is 15.3 Å². The normalized spacial score (nSPS) is 12.2. The van der Waals surface area contributed by atoms with E-state index in [1.165, 1.54) is 0 Å². The van der Waals surface area contributed by atoms with Crippen molar-refractivity contribution in [2.75, 3.05) is 26.2 Å². The van der Waals surface area contributed by atoms with Crippen molar-refractivity contribution >= 4 is 11.8 Å². The van der Waals surface area contributed by atoms with E-state index in [0.29, 0.717) is 0 Å². The molecule has 96 valence electrons. The van der Waals surface area contributed by atoms with Gasteiger partial charge >= 0.3 is 0 Å². The quantitative estimate of drug-likeness (QED) is 0.577. The first-order chi connectivity index (χ1) is 8.28. The molecule has 1 rings (SSSR count). The average Bonchev–Trinajstić information content (AvgIpc) is 2.39. The molecule has 0 saturated carbocycles. The Morgan fingerprint density at radius 2 is 1.88 bits per heavy atom. The molecule has 0 aliphatic carbocycles. The van der Waals surface area contributed by atoms with E-state index in [-0.39, 0.29) is 6.04 Å². The Morgan fingerprint density at radius 3 is 2.29 bits per heavy atom. The average molecular weight is 256 g/mol.